The van der Waals surface area contributed by atoms with Crippen molar-refractivity contribution in [1.29, 1.82) is 0 Å². The van der Waals surface area contributed by atoms with Gasteiger partial charge in [-0.3, -0.25) is 14.2 Å². The number of para-hydroxylation sites is 1. The van der Waals surface area contributed by atoms with E-state index in [2.05, 4.69) is 5.32 Å². The smallest absolute Gasteiger partial charge is 0.262 e. The van der Waals surface area contributed by atoms with Gasteiger partial charge in [-0.25, -0.2) is 4.98 Å². The highest BCUT2D eigenvalue weighted by Gasteiger charge is 2.20. The minimum atomic E-state index is -0.491. The Morgan fingerprint density at radius 2 is 1.89 bits per heavy atom. The molecule has 2 heterocycles. The monoisotopic (exact) mass is 507 g/mol. The lowest BCUT2D eigenvalue weighted by atomic mass is 10.2. The number of benzene rings is 3. The van der Waals surface area contributed by atoms with Crippen molar-refractivity contribution in [1.82, 2.24) is 14.9 Å². The molecular formula is C26H22ClN3O4S. The predicted molar refractivity (Wildman–Crippen MR) is 136 cm³/mol. The van der Waals surface area contributed by atoms with Gasteiger partial charge in [0.2, 0.25) is 12.7 Å². The molecule has 1 amide bonds. The third kappa shape index (κ3) is 4.99. The van der Waals surface area contributed by atoms with Gasteiger partial charge in [-0.1, -0.05) is 59.8 Å². The van der Waals surface area contributed by atoms with E-state index in [1.165, 1.54) is 11.8 Å². The zero-order valence-corrected chi connectivity index (χ0v) is 20.4. The lowest BCUT2D eigenvalue weighted by Crippen LogP contribution is -2.32. The molecule has 4 aromatic rings. The van der Waals surface area contributed by atoms with Crippen LogP contribution in [0.4, 0.5) is 0 Å². The number of ether oxygens (including phenoxy) is 2. The van der Waals surface area contributed by atoms with Crippen molar-refractivity contribution in [2.75, 3.05) is 6.79 Å². The van der Waals surface area contributed by atoms with Gasteiger partial charge in [0, 0.05) is 11.6 Å². The van der Waals surface area contributed by atoms with Gasteiger partial charge >= 0.3 is 0 Å². The number of hydrogen-bond donors (Lipinski definition) is 1. The van der Waals surface area contributed by atoms with E-state index >= 15 is 0 Å². The standard InChI is InChI=1S/C26H22ClN3O4S/c1-16(24(31)28-13-17-10-11-22-23(12-17)34-15-33-22)35-26-29-21-9-5-3-7-19(21)25(32)30(26)14-18-6-2-4-8-20(18)27/h2-12,16H,13-15H2,1H3,(H,28,31). The van der Waals surface area contributed by atoms with Gasteiger partial charge in [0.25, 0.3) is 5.56 Å². The lowest BCUT2D eigenvalue weighted by Gasteiger charge is -2.17. The molecule has 1 N–H and O–H groups in total. The second-order valence-electron chi connectivity index (χ2n) is 8.06. The molecule has 0 fully saturated rings. The zero-order chi connectivity index (χ0) is 24.4. The topological polar surface area (TPSA) is 82.5 Å². The number of carbonyl (C=O) groups is 1. The summed E-state index contributed by atoms with van der Waals surface area (Å²) in [6, 6.07) is 20.1. The maximum Gasteiger partial charge on any atom is 0.262 e. The molecule has 1 aliphatic heterocycles. The largest absolute Gasteiger partial charge is 0.454 e. The zero-order valence-electron chi connectivity index (χ0n) is 18.9. The number of thioether (sulfide) groups is 1. The number of carbonyl (C=O) groups excluding carboxylic acids is 1. The number of hydrogen-bond acceptors (Lipinski definition) is 6. The molecule has 1 unspecified atom stereocenters. The van der Waals surface area contributed by atoms with Crippen LogP contribution in [0.1, 0.15) is 18.1 Å². The third-order valence-corrected chi connectivity index (χ3v) is 7.13. The summed E-state index contributed by atoms with van der Waals surface area (Å²) in [7, 11) is 0. The first-order valence-corrected chi connectivity index (χ1v) is 12.3. The molecule has 0 radical (unpaired) electrons. The summed E-state index contributed by atoms with van der Waals surface area (Å²) < 4.78 is 12.3. The van der Waals surface area contributed by atoms with Crippen molar-refractivity contribution in [3.8, 4) is 11.5 Å². The van der Waals surface area contributed by atoms with Gasteiger partial charge in [-0.2, -0.15) is 0 Å². The number of aromatic nitrogens is 2. The second kappa shape index (κ2) is 10.0. The van der Waals surface area contributed by atoms with E-state index in [1.807, 2.05) is 48.5 Å². The van der Waals surface area contributed by atoms with Crippen LogP contribution in [-0.2, 0) is 17.9 Å². The van der Waals surface area contributed by atoms with Crippen molar-refractivity contribution in [3.05, 3.63) is 93.2 Å². The van der Waals surface area contributed by atoms with E-state index in [-0.39, 0.29) is 24.8 Å². The summed E-state index contributed by atoms with van der Waals surface area (Å²) in [5.41, 5.74) is 2.11. The number of fused-ring (bicyclic) bond motifs is 2. The van der Waals surface area contributed by atoms with Gasteiger partial charge in [0.15, 0.2) is 16.7 Å². The molecule has 7 nitrogen and oxygen atoms in total. The second-order valence-corrected chi connectivity index (χ2v) is 9.77. The first-order valence-electron chi connectivity index (χ1n) is 11.1. The number of rotatable bonds is 7. The van der Waals surface area contributed by atoms with Crippen LogP contribution in [0.5, 0.6) is 11.5 Å². The van der Waals surface area contributed by atoms with Crippen molar-refractivity contribution >= 4 is 40.2 Å². The Morgan fingerprint density at radius 3 is 2.74 bits per heavy atom. The molecule has 0 spiro atoms. The number of nitrogens with one attached hydrogen (secondary N) is 1. The van der Waals surface area contributed by atoms with Gasteiger partial charge in [0.05, 0.1) is 22.7 Å². The van der Waals surface area contributed by atoms with Crippen molar-refractivity contribution in [2.45, 2.75) is 30.4 Å². The highest BCUT2D eigenvalue weighted by Crippen LogP contribution is 2.32. The van der Waals surface area contributed by atoms with Crippen LogP contribution < -0.4 is 20.3 Å². The Balaban J connectivity index is 1.37. The van der Waals surface area contributed by atoms with Gasteiger partial charge in [0.1, 0.15) is 0 Å². The molecule has 0 saturated carbocycles. The van der Waals surface area contributed by atoms with Gasteiger partial charge in [-0.15, -0.1) is 0 Å². The fourth-order valence-electron chi connectivity index (χ4n) is 3.77. The Morgan fingerprint density at radius 1 is 1.11 bits per heavy atom. The highest BCUT2D eigenvalue weighted by atomic mass is 35.5. The molecule has 178 valence electrons. The first-order chi connectivity index (χ1) is 17.0. The highest BCUT2D eigenvalue weighted by molar-refractivity contribution is 8.00. The quantitative estimate of drug-likeness (QED) is 0.290. The Bertz CT molecular complexity index is 1470. The molecule has 5 rings (SSSR count). The molecule has 0 aliphatic carbocycles. The molecule has 35 heavy (non-hydrogen) atoms. The summed E-state index contributed by atoms with van der Waals surface area (Å²) in [5, 5.41) is 4.00. The lowest BCUT2D eigenvalue weighted by molar-refractivity contribution is -0.120. The summed E-state index contributed by atoms with van der Waals surface area (Å²) in [6.07, 6.45) is 0. The van der Waals surface area contributed by atoms with Crippen LogP contribution in [-0.4, -0.2) is 27.5 Å². The average Bonchev–Trinajstić information content (AvgIpc) is 3.34. The average molecular weight is 508 g/mol. The van der Waals surface area contributed by atoms with Crippen molar-refractivity contribution < 1.29 is 14.3 Å². The maximum absolute atomic E-state index is 13.4. The normalized spacial score (nSPS) is 13.1. The minimum Gasteiger partial charge on any atom is -0.454 e. The minimum absolute atomic E-state index is 0.167. The van der Waals surface area contributed by atoms with Crippen LogP contribution in [0, 0.1) is 0 Å². The van der Waals surface area contributed by atoms with Gasteiger partial charge < -0.3 is 14.8 Å². The summed E-state index contributed by atoms with van der Waals surface area (Å²) in [5.74, 6) is 1.20. The van der Waals surface area contributed by atoms with E-state index < -0.39 is 5.25 Å². The van der Waals surface area contributed by atoms with Crippen LogP contribution in [0.15, 0.2) is 76.7 Å². The number of amides is 1. The van der Waals surface area contributed by atoms with Crippen molar-refractivity contribution in [3.63, 3.8) is 0 Å². The SMILES string of the molecule is CC(Sc1nc2ccccc2c(=O)n1Cc1ccccc1Cl)C(=O)NCc1ccc2c(c1)OCO2. The van der Waals surface area contributed by atoms with Crippen LogP contribution in [0.2, 0.25) is 5.02 Å². The first kappa shape index (κ1) is 23.3. The Hall–Kier alpha value is -3.49. The fraction of sp³-hybridized carbons (Fsp3) is 0.192. The maximum atomic E-state index is 13.4. The molecule has 0 bridgehead atoms. The Kier molecular flexibility index (Phi) is 6.66. The van der Waals surface area contributed by atoms with E-state index in [0.717, 1.165) is 11.1 Å². The third-order valence-electron chi connectivity index (χ3n) is 5.67. The molecule has 1 aliphatic rings. The van der Waals surface area contributed by atoms with E-state index in [1.54, 1.807) is 29.7 Å². The van der Waals surface area contributed by atoms with Crippen LogP contribution in [0.3, 0.4) is 0 Å². The summed E-state index contributed by atoms with van der Waals surface area (Å²) in [6.45, 7) is 2.59. The number of halogens is 1. The fourth-order valence-corrected chi connectivity index (χ4v) is 4.90. The van der Waals surface area contributed by atoms with Crippen molar-refractivity contribution in [2.24, 2.45) is 0 Å². The Labute approximate surface area is 211 Å². The van der Waals surface area contributed by atoms with E-state index in [9.17, 15) is 9.59 Å². The van der Waals surface area contributed by atoms with Gasteiger partial charge in [-0.05, 0) is 48.4 Å². The van der Waals surface area contributed by atoms with Crippen LogP contribution >= 0.6 is 23.4 Å². The molecule has 3 aromatic carbocycles. The molecule has 1 atom stereocenters. The van der Waals surface area contributed by atoms with E-state index in [4.69, 9.17) is 26.1 Å². The molecule has 0 saturated heterocycles. The predicted octanol–water partition coefficient (Wildman–Crippen LogP) is 4.62. The molecule has 1 aromatic heterocycles. The van der Waals surface area contributed by atoms with Crippen LogP contribution in [0.25, 0.3) is 10.9 Å². The summed E-state index contributed by atoms with van der Waals surface area (Å²) in [4.78, 5) is 31.0. The molecular weight excluding hydrogens is 486 g/mol. The van der Waals surface area contributed by atoms with E-state index in [0.29, 0.717) is 39.1 Å². The molecule has 9 heteroatoms. The number of nitrogens with zero attached hydrogens (tertiary/aromatic N) is 2. The summed E-state index contributed by atoms with van der Waals surface area (Å²) >= 11 is 7.60.